The molecule has 6 aromatic carbocycles. The molecule has 0 saturated heterocycles. The zero-order valence-electron chi connectivity index (χ0n) is 45.6. The number of phenolic OH excluding ortho intramolecular Hbond substituents is 1. The van der Waals surface area contributed by atoms with Gasteiger partial charge in [-0.3, -0.25) is 14.5 Å². The van der Waals surface area contributed by atoms with E-state index in [1.807, 2.05) is 89.6 Å². The summed E-state index contributed by atoms with van der Waals surface area (Å²) in [6.07, 6.45) is 7.95. The molecule has 0 spiro atoms. The number of pyridine rings is 1. The van der Waals surface area contributed by atoms with Crippen molar-refractivity contribution in [2.24, 2.45) is 4.99 Å². The summed E-state index contributed by atoms with van der Waals surface area (Å²) in [7, 11) is 0. The third-order valence-corrected chi connectivity index (χ3v) is 13.5. The van der Waals surface area contributed by atoms with E-state index in [4.69, 9.17) is 19.1 Å². The Labute approximate surface area is 414 Å². The first kappa shape index (κ1) is 38.3. The van der Waals surface area contributed by atoms with Crippen molar-refractivity contribution in [3.63, 3.8) is 0 Å². The van der Waals surface area contributed by atoms with E-state index in [9.17, 15) is 7.85 Å². The van der Waals surface area contributed by atoms with Gasteiger partial charge in [-0.15, -0.1) is 0 Å². The van der Waals surface area contributed by atoms with Gasteiger partial charge in [-0.25, -0.2) is 9.98 Å². The SMILES string of the molecule is [2H]c1c([2H])c([2H])c(-c2cc(C(C)(C)C)ccc2-n2c(-c3cc(C(C)(C)C)cc(C(C)(C)C)c3O)nc3c2N=C2C=CC=C4N2B3c2cc(-c3cc(-c5ccccc5)ccn3)ccc2N4c2ccccc2)c([2H])c1[2H]. The molecule has 3 aliphatic rings. The standard InChI is InChI=1S/C61H57BN6O/c1-59(2,3)43-29-31-51(46(36-43)40-22-15-11-16-23-40)67-57(47-37-44(60(4,5)6)38-48(55(47)69)61(7,8)9)65-56-58(67)64-53-26-19-27-54-66(45-24-17-12-18-25-45)52-30-28-42(34-49(52)62(56)68(53)54)50-35-41(32-33-63-50)39-20-13-10-14-21-39/h10-38,69H,1-9H3/i11D,15D,16D,22D,23D. The number of aliphatic imine (C=N–C) groups is 1. The molecule has 69 heavy (non-hydrogen) atoms. The minimum Gasteiger partial charge on any atom is -0.507 e. The molecule has 8 heteroatoms. The topological polar surface area (TPSA) is 69.8 Å². The molecular formula is C61H57BN6O. The molecule has 0 unspecified atom stereocenters. The molecule has 8 aromatic rings. The van der Waals surface area contributed by atoms with Gasteiger partial charge >= 0.3 is 6.85 Å². The highest BCUT2D eigenvalue weighted by Gasteiger charge is 2.49. The monoisotopic (exact) mass is 906 g/mol. The lowest BCUT2D eigenvalue weighted by molar-refractivity contribution is 0.446. The van der Waals surface area contributed by atoms with Gasteiger partial charge in [-0.1, -0.05) is 171 Å². The van der Waals surface area contributed by atoms with Crippen LogP contribution in [0.15, 0.2) is 187 Å². The van der Waals surface area contributed by atoms with Gasteiger partial charge in [0.1, 0.15) is 23.2 Å². The molecule has 0 amide bonds. The zero-order valence-corrected chi connectivity index (χ0v) is 40.6. The van der Waals surface area contributed by atoms with Crippen LogP contribution in [-0.2, 0) is 16.2 Å². The first-order valence-electron chi connectivity index (χ1n) is 26.1. The largest absolute Gasteiger partial charge is 0.507 e. The third-order valence-electron chi connectivity index (χ3n) is 13.5. The number of fused-ring (bicyclic) bond motifs is 4. The number of hydrogen-bond donors (Lipinski definition) is 1. The smallest absolute Gasteiger partial charge is 0.357 e. The van der Waals surface area contributed by atoms with Gasteiger partial charge in [0.05, 0.1) is 29.4 Å². The van der Waals surface area contributed by atoms with Crippen LogP contribution >= 0.6 is 0 Å². The van der Waals surface area contributed by atoms with Gasteiger partial charge in [0.15, 0.2) is 5.82 Å². The Morgan fingerprint density at radius 2 is 1.32 bits per heavy atom. The number of nitrogens with zero attached hydrogens (tertiary/aromatic N) is 6. The number of rotatable bonds is 6. The molecule has 0 aliphatic carbocycles. The van der Waals surface area contributed by atoms with Crippen LogP contribution in [0.4, 0.5) is 17.2 Å². The quantitative estimate of drug-likeness (QED) is 0.168. The molecule has 5 heterocycles. The Morgan fingerprint density at radius 3 is 2.03 bits per heavy atom. The molecule has 340 valence electrons. The summed E-state index contributed by atoms with van der Waals surface area (Å²) >= 11 is 0. The number of phenols is 1. The van der Waals surface area contributed by atoms with Crippen LogP contribution in [0.25, 0.3) is 50.6 Å². The van der Waals surface area contributed by atoms with Crippen molar-refractivity contribution in [1.29, 1.82) is 0 Å². The highest BCUT2D eigenvalue weighted by Crippen LogP contribution is 2.47. The van der Waals surface area contributed by atoms with Crippen molar-refractivity contribution >= 4 is 40.9 Å². The predicted molar refractivity (Wildman–Crippen MR) is 287 cm³/mol. The van der Waals surface area contributed by atoms with Crippen molar-refractivity contribution < 1.29 is 12.0 Å². The van der Waals surface area contributed by atoms with Gasteiger partial charge in [0.2, 0.25) is 0 Å². The fraction of sp³-hybridized carbons (Fsp3) is 0.197. The molecule has 0 radical (unpaired) electrons. The second kappa shape index (κ2) is 16.2. The maximum atomic E-state index is 12.8. The van der Waals surface area contributed by atoms with E-state index in [0.717, 1.165) is 61.7 Å². The summed E-state index contributed by atoms with van der Waals surface area (Å²) < 4.78 is 47.1. The van der Waals surface area contributed by atoms with Gasteiger partial charge in [-0.2, -0.15) is 0 Å². The average Bonchev–Trinajstić information content (AvgIpc) is 3.76. The van der Waals surface area contributed by atoms with Gasteiger partial charge in [-0.05, 0) is 116 Å². The fourth-order valence-corrected chi connectivity index (χ4v) is 9.78. The van der Waals surface area contributed by atoms with E-state index in [1.54, 1.807) is 0 Å². The van der Waals surface area contributed by atoms with E-state index in [0.29, 0.717) is 39.9 Å². The lowest BCUT2D eigenvalue weighted by atomic mass is 9.48. The van der Waals surface area contributed by atoms with Crippen LogP contribution in [0.1, 0.15) is 85.9 Å². The molecule has 1 N–H and O–H groups in total. The number of benzene rings is 6. The predicted octanol–water partition coefficient (Wildman–Crippen LogP) is 13.5. The molecule has 0 bridgehead atoms. The van der Waals surface area contributed by atoms with Gasteiger partial charge in [0, 0.05) is 28.7 Å². The average molecular weight is 906 g/mol. The second-order valence-corrected chi connectivity index (χ2v) is 21.2. The van der Waals surface area contributed by atoms with Crippen molar-refractivity contribution in [3.8, 4) is 56.3 Å². The van der Waals surface area contributed by atoms with Crippen LogP contribution in [-0.4, -0.2) is 37.1 Å². The van der Waals surface area contributed by atoms with Crippen LogP contribution < -0.4 is 16.0 Å². The number of imidazole rings is 1. The maximum Gasteiger partial charge on any atom is 0.357 e. The molecule has 3 aliphatic heterocycles. The molecular weight excluding hydrogens is 844 g/mol. The van der Waals surface area contributed by atoms with Crippen molar-refractivity contribution in [1.82, 2.24) is 19.3 Å². The zero-order chi connectivity index (χ0) is 52.3. The van der Waals surface area contributed by atoms with E-state index < -0.39 is 35.8 Å². The lowest BCUT2D eigenvalue weighted by Crippen LogP contribution is -2.66. The number of aromatic nitrogens is 3. The summed E-state index contributed by atoms with van der Waals surface area (Å²) in [4.78, 5) is 20.7. The summed E-state index contributed by atoms with van der Waals surface area (Å²) in [6.45, 7) is 18.4. The molecule has 0 fully saturated rings. The second-order valence-electron chi connectivity index (χ2n) is 21.2. The van der Waals surface area contributed by atoms with E-state index in [2.05, 4.69) is 133 Å². The number of para-hydroxylation sites is 1. The van der Waals surface area contributed by atoms with Crippen molar-refractivity contribution in [3.05, 3.63) is 198 Å². The first-order chi connectivity index (χ1) is 35.1. The van der Waals surface area contributed by atoms with Crippen LogP contribution in [0.5, 0.6) is 5.75 Å². The summed E-state index contributed by atoms with van der Waals surface area (Å²) in [5.74, 6) is 2.45. The van der Waals surface area contributed by atoms with Crippen LogP contribution in [0.2, 0.25) is 0 Å². The minimum absolute atomic E-state index is 0.0535. The highest BCUT2D eigenvalue weighted by atomic mass is 16.3. The lowest BCUT2D eigenvalue weighted by Gasteiger charge is -2.47. The third kappa shape index (κ3) is 7.59. The summed E-state index contributed by atoms with van der Waals surface area (Å²) in [5, 5.41) is 12.8. The van der Waals surface area contributed by atoms with Crippen LogP contribution in [0, 0.1) is 0 Å². The Morgan fingerprint density at radius 1 is 0.623 bits per heavy atom. The fourth-order valence-electron chi connectivity index (χ4n) is 9.78. The Kier molecular flexibility index (Phi) is 9.00. The van der Waals surface area contributed by atoms with E-state index in [-0.39, 0.29) is 28.8 Å². The molecule has 0 saturated carbocycles. The molecule has 11 rings (SSSR count). The highest BCUT2D eigenvalue weighted by molar-refractivity contribution is 6.87. The summed E-state index contributed by atoms with van der Waals surface area (Å²) in [5.41, 5.74) is 10.1. The number of aromatic hydroxyl groups is 1. The summed E-state index contributed by atoms with van der Waals surface area (Å²) in [6, 6.07) is 39.2. The first-order valence-corrected chi connectivity index (χ1v) is 23.6. The number of hydrogen-bond acceptors (Lipinski definition) is 6. The molecule has 2 aromatic heterocycles. The van der Waals surface area contributed by atoms with E-state index in [1.165, 1.54) is 0 Å². The van der Waals surface area contributed by atoms with Crippen molar-refractivity contribution in [2.45, 2.75) is 78.6 Å². The number of allylic oxidation sites excluding steroid dienone is 2. The van der Waals surface area contributed by atoms with E-state index >= 15 is 0 Å². The minimum atomic E-state index is -0.575. The Balaban J connectivity index is 1.27. The maximum absolute atomic E-state index is 12.8. The Bertz CT molecular complexity index is 3690. The van der Waals surface area contributed by atoms with Gasteiger partial charge < -0.3 is 9.92 Å². The Hall–Kier alpha value is -7.71. The van der Waals surface area contributed by atoms with Crippen molar-refractivity contribution in [2.75, 3.05) is 4.90 Å². The molecule has 7 nitrogen and oxygen atoms in total. The number of amidine groups is 1. The van der Waals surface area contributed by atoms with Gasteiger partial charge in [0.25, 0.3) is 0 Å². The van der Waals surface area contributed by atoms with Crippen LogP contribution in [0.3, 0.4) is 0 Å². The normalized spacial score (nSPS) is 15.3. The number of anilines is 2. The molecule has 0 atom stereocenters.